The summed E-state index contributed by atoms with van der Waals surface area (Å²) < 4.78 is 13.5. The van der Waals surface area contributed by atoms with Gasteiger partial charge in [-0.25, -0.2) is 4.39 Å². The van der Waals surface area contributed by atoms with Crippen molar-refractivity contribution in [2.45, 2.75) is 25.8 Å². The highest BCUT2D eigenvalue weighted by molar-refractivity contribution is 5.92. The fraction of sp³-hybridized carbons (Fsp3) is 0.353. The molecule has 2 heterocycles. The molecule has 0 radical (unpaired) electrons. The zero-order chi connectivity index (χ0) is 16.1. The Hall–Kier alpha value is -2.50. The molecule has 1 aromatic carbocycles. The Morgan fingerprint density at radius 1 is 1.09 bits per heavy atom. The van der Waals surface area contributed by atoms with Gasteiger partial charge in [0.2, 0.25) is 0 Å². The Balaban J connectivity index is 1.60. The van der Waals surface area contributed by atoms with Crippen molar-refractivity contribution in [3.05, 3.63) is 53.5 Å². The van der Waals surface area contributed by atoms with Crippen molar-refractivity contribution in [3.63, 3.8) is 0 Å². The summed E-state index contributed by atoms with van der Waals surface area (Å²) >= 11 is 0. The van der Waals surface area contributed by atoms with Crippen LogP contribution < -0.4 is 10.2 Å². The van der Waals surface area contributed by atoms with Crippen LogP contribution in [-0.2, 0) is 6.54 Å². The lowest BCUT2D eigenvalue weighted by molar-refractivity contribution is 0.0944. The molecule has 0 spiro atoms. The van der Waals surface area contributed by atoms with Crippen LogP contribution in [0.3, 0.4) is 0 Å². The normalized spacial score (nSPS) is 14.6. The SMILES string of the molecule is O=C(NCc1ccccc1F)c1ccc(N2CCCCC2)nn1. The van der Waals surface area contributed by atoms with Crippen LogP contribution in [0.4, 0.5) is 10.2 Å². The van der Waals surface area contributed by atoms with E-state index < -0.39 is 0 Å². The lowest BCUT2D eigenvalue weighted by Gasteiger charge is -2.27. The van der Waals surface area contributed by atoms with Gasteiger partial charge in [0, 0.05) is 25.2 Å². The van der Waals surface area contributed by atoms with Crippen LogP contribution in [0.2, 0.25) is 0 Å². The number of hydrogen-bond acceptors (Lipinski definition) is 4. The van der Waals surface area contributed by atoms with E-state index in [1.165, 1.54) is 12.5 Å². The van der Waals surface area contributed by atoms with E-state index >= 15 is 0 Å². The number of amides is 1. The van der Waals surface area contributed by atoms with Crippen molar-refractivity contribution in [2.24, 2.45) is 0 Å². The third-order valence-electron chi connectivity index (χ3n) is 3.96. The third kappa shape index (κ3) is 3.83. The van der Waals surface area contributed by atoms with Crippen LogP contribution in [0.5, 0.6) is 0 Å². The van der Waals surface area contributed by atoms with Crippen LogP contribution in [0.1, 0.15) is 35.3 Å². The largest absolute Gasteiger partial charge is 0.355 e. The number of anilines is 1. The number of hydrogen-bond donors (Lipinski definition) is 1. The summed E-state index contributed by atoms with van der Waals surface area (Å²) in [5.74, 6) is 0.112. The van der Waals surface area contributed by atoms with Gasteiger partial charge in [-0.05, 0) is 37.5 Å². The second-order valence-corrected chi connectivity index (χ2v) is 5.60. The first-order chi connectivity index (χ1) is 11.2. The Bertz CT molecular complexity index is 669. The molecule has 0 unspecified atom stereocenters. The summed E-state index contributed by atoms with van der Waals surface area (Å²) in [4.78, 5) is 14.2. The van der Waals surface area contributed by atoms with Gasteiger partial charge in [0.25, 0.3) is 5.91 Å². The zero-order valence-corrected chi connectivity index (χ0v) is 12.8. The van der Waals surface area contributed by atoms with E-state index in [1.54, 1.807) is 24.3 Å². The van der Waals surface area contributed by atoms with Gasteiger partial charge in [0.15, 0.2) is 11.5 Å². The molecule has 2 aromatic rings. The minimum Gasteiger partial charge on any atom is -0.355 e. The van der Waals surface area contributed by atoms with Crippen LogP contribution in [0, 0.1) is 5.82 Å². The molecule has 1 aliphatic heterocycles. The minimum atomic E-state index is -0.356. The first-order valence-corrected chi connectivity index (χ1v) is 7.84. The molecular formula is C17H19FN4O. The number of benzene rings is 1. The van der Waals surface area contributed by atoms with E-state index in [9.17, 15) is 9.18 Å². The first kappa shape index (κ1) is 15.4. The third-order valence-corrected chi connectivity index (χ3v) is 3.96. The smallest absolute Gasteiger partial charge is 0.272 e. The quantitative estimate of drug-likeness (QED) is 0.942. The predicted octanol–water partition coefficient (Wildman–Crippen LogP) is 2.54. The maximum absolute atomic E-state index is 13.5. The lowest BCUT2D eigenvalue weighted by Crippen LogP contribution is -2.31. The molecule has 120 valence electrons. The average Bonchev–Trinajstić information content (AvgIpc) is 2.62. The number of piperidine rings is 1. The zero-order valence-electron chi connectivity index (χ0n) is 12.8. The second-order valence-electron chi connectivity index (χ2n) is 5.60. The molecule has 1 N–H and O–H groups in total. The number of rotatable bonds is 4. The summed E-state index contributed by atoms with van der Waals surface area (Å²) in [5, 5.41) is 10.8. The van der Waals surface area contributed by atoms with E-state index in [4.69, 9.17) is 0 Å². The molecule has 0 aliphatic carbocycles. The molecule has 3 rings (SSSR count). The average molecular weight is 314 g/mol. The molecule has 0 atom stereocenters. The fourth-order valence-corrected chi connectivity index (χ4v) is 2.65. The van der Waals surface area contributed by atoms with E-state index in [-0.39, 0.29) is 24.0 Å². The molecule has 1 aromatic heterocycles. The van der Waals surface area contributed by atoms with Crippen molar-refractivity contribution in [1.29, 1.82) is 0 Å². The van der Waals surface area contributed by atoms with Crippen LogP contribution in [-0.4, -0.2) is 29.2 Å². The summed E-state index contributed by atoms with van der Waals surface area (Å²) in [6, 6.07) is 9.84. The second kappa shape index (κ2) is 7.17. The predicted molar refractivity (Wildman–Crippen MR) is 85.7 cm³/mol. The van der Waals surface area contributed by atoms with Crippen molar-refractivity contribution >= 4 is 11.7 Å². The Morgan fingerprint density at radius 3 is 2.57 bits per heavy atom. The van der Waals surface area contributed by atoms with Gasteiger partial charge < -0.3 is 10.2 Å². The molecule has 1 saturated heterocycles. The molecule has 6 heteroatoms. The van der Waals surface area contributed by atoms with Crippen LogP contribution >= 0.6 is 0 Å². The number of carbonyl (C=O) groups excluding carboxylic acids is 1. The Kier molecular flexibility index (Phi) is 4.80. The van der Waals surface area contributed by atoms with E-state index in [1.807, 2.05) is 6.07 Å². The minimum absolute atomic E-state index is 0.126. The van der Waals surface area contributed by atoms with Gasteiger partial charge in [0.05, 0.1) is 0 Å². The summed E-state index contributed by atoms with van der Waals surface area (Å²) in [5.41, 5.74) is 0.681. The number of nitrogens with one attached hydrogen (secondary N) is 1. The van der Waals surface area contributed by atoms with E-state index in [2.05, 4.69) is 20.4 Å². The maximum atomic E-state index is 13.5. The monoisotopic (exact) mass is 314 g/mol. The van der Waals surface area contributed by atoms with Crippen molar-refractivity contribution in [1.82, 2.24) is 15.5 Å². The molecule has 1 aliphatic rings. The molecule has 1 fully saturated rings. The lowest BCUT2D eigenvalue weighted by atomic mass is 10.1. The van der Waals surface area contributed by atoms with Gasteiger partial charge in [-0.1, -0.05) is 18.2 Å². The van der Waals surface area contributed by atoms with E-state index in [0.717, 1.165) is 31.7 Å². The number of carbonyl (C=O) groups is 1. The molecular weight excluding hydrogens is 295 g/mol. The topological polar surface area (TPSA) is 58.1 Å². The van der Waals surface area contributed by atoms with Gasteiger partial charge >= 0.3 is 0 Å². The van der Waals surface area contributed by atoms with Gasteiger partial charge in [-0.15, -0.1) is 10.2 Å². The molecule has 5 nitrogen and oxygen atoms in total. The van der Waals surface area contributed by atoms with Crippen LogP contribution in [0.25, 0.3) is 0 Å². The molecule has 1 amide bonds. The highest BCUT2D eigenvalue weighted by Crippen LogP contribution is 2.16. The summed E-state index contributed by atoms with van der Waals surface area (Å²) in [7, 11) is 0. The molecule has 0 bridgehead atoms. The number of halogens is 1. The maximum Gasteiger partial charge on any atom is 0.272 e. The number of nitrogens with zero attached hydrogens (tertiary/aromatic N) is 3. The Labute approximate surface area is 134 Å². The van der Waals surface area contributed by atoms with Gasteiger partial charge in [-0.3, -0.25) is 4.79 Å². The van der Waals surface area contributed by atoms with Crippen molar-refractivity contribution in [2.75, 3.05) is 18.0 Å². The molecule has 0 saturated carbocycles. The Morgan fingerprint density at radius 2 is 1.87 bits per heavy atom. The van der Waals surface area contributed by atoms with Gasteiger partial charge in [-0.2, -0.15) is 0 Å². The molecule has 23 heavy (non-hydrogen) atoms. The number of aromatic nitrogens is 2. The standard InChI is InChI=1S/C17H19FN4O/c18-14-7-3-2-6-13(14)12-19-17(23)15-8-9-16(21-20-15)22-10-4-1-5-11-22/h2-3,6-9H,1,4-5,10-12H2,(H,19,23). The summed E-state index contributed by atoms with van der Waals surface area (Å²) in [6.07, 6.45) is 3.57. The highest BCUT2D eigenvalue weighted by atomic mass is 19.1. The van der Waals surface area contributed by atoms with Gasteiger partial charge in [0.1, 0.15) is 5.82 Å². The van der Waals surface area contributed by atoms with Crippen molar-refractivity contribution in [3.8, 4) is 0 Å². The van der Waals surface area contributed by atoms with Crippen molar-refractivity contribution < 1.29 is 9.18 Å². The highest BCUT2D eigenvalue weighted by Gasteiger charge is 2.14. The first-order valence-electron chi connectivity index (χ1n) is 7.84. The van der Waals surface area contributed by atoms with Crippen LogP contribution in [0.15, 0.2) is 36.4 Å². The van der Waals surface area contributed by atoms with E-state index in [0.29, 0.717) is 5.56 Å². The summed E-state index contributed by atoms with van der Waals surface area (Å²) in [6.45, 7) is 2.09. The fourth-order valence-electron chi connectivity index (χ4n) is 2.65.